The van der Waals surface area contributed by atoms with Crippen LogP contribution in [0.4, 0.5) is 25.1 Å². The maximum absolute atomic E-state index is 14.6. The fourth-order valence-electron chi connectivity index (χ4n) is 8.71. The van der Waals surface area contributed by atoms with Crippen LogP contribution in [-0.4, -0.2) is 97.7 Å². The average molecular weight is 721 g/mol. The molecule has 3 aromatic rings. The second-order valence-electron chi connectivity index (χ2n) is 16.4. The van der Waals surface area contributed by atoms with Crippen LogP contribution in [0.2, 0.25) is 0 Å². The Morgan fingerprint density at radius 2 is 1.79 bits per heavy atom. The summed E-state index contributed by atoms with van der Waals surface area (Å²) >= 11 is 0. The van der Waals surface area contributed by atoms with Crippen LogP contribution in [0, 0.1) is 11.8 Å². The van der Waals surface area contributed by atoms with Crippen LogP contribution in [0.25, 0.3) is 11.1 Å². The van der Waals surface area contributed by atoms with E-state index in [9.17, 15) is 18.4 Å². The first-order valence-electron chi connectivity index (χ1n) is 19.0. The molecule has 0 unspecified atom stereocenters. The van der Waals surface area contributed by atoms with Gasteiger partial charge in [0.15, 0.2) is 5.82 Å². The smallest absolute Gasteiger partial charge is 0.410 e. The van der Waals surface area contributed by atoms with Crippen molar-refractivity contribution < 1.29 is 23.1 Å². The third-order valence-corrected chi connectivity index (χ3v) is 11.5. The Hall–Kier alpha value is -4.00. The van der Waals surface area contributed by atoms with Gasteiger partial charge in [0.05, 0.1) is 18.8 Å². The maximum Gasteiger partial charge on any atom is 0.410 e. The van der Waals surface area contributed by atoms with Crippen molar-refractivity contribution in [2.75, 3.05) is 50.7 Å². The Morgan fingerprint density at radius 1 is 1.02 bits per heavy atom. The Bertz CT molecular complexity index is 1790. The van der Waals surface area contributed by atoms with Crippen molar-refractivity contribution in [3.05, 3.63) is 46.9 Å². The van der Waals surface area contributed by atoms with E-state index in [0.29, 0.717) is 42.6 Å². The SMILES string of the molecule is CC(=O)N1CCc2c(c(N3CCCc4cc(-c5cnn(C)c5)c(C(F)F)cc43)nn2C2CCN(C[C@@H]3CCN(C(=O)OC(C)(C)C)C[C@@H]3C)CC2)C1. The molecule has 2 amide bonds. The Kier molecular flexibility index (Phi) is 10.1. The number of nitrogens with zero attached hydrogens (tertiary/aromatic N) is 8. The first kappa shape index (κ1) is 36.4. The summed E-state index contributed by atoms with van der Waals surface area (Å²) in [5.41, 5.74) is 4.72. The van der Waals surface area contributed by atoms with Crippen LogP contribution in [0.1, 0.15) is 95.2 Å². The van der Waals surface area contributed by atoms with E-state index in [-0.39, 0.29) is 23.6 Å². The van der Waals surface area contributed by atoms with E-state index in [1.807, 2.05) is 36.6 Å². The number of halogens is 2. The van der Waals surface area contributed by atoms with Gasteiger partial charge in [0.2, 0.25) is 5.91 Å². The van der Waals surface area contributed by atoms with E-state index in [0.717, 1.165) is 93.9 Å². The molecule has 2 atom stereocenters. The molecule has 2 fully saturated rings. The minimum Gasteiger partial charge on any atom is -0.444 e. The zero-order chi connectivity index (χ0) is 36.9. The topological polar surface area (TPSA) is 92.0 Å². The molecule has 0 bridgehead atoms. The number of aromatic nitrogens is 4. The molecule has 0 N–H and O–H groups in total. The van der Waals surface area contributed by atoms with E-state index in [1.54, 1.807) is 37.1 Å². The predicted molar refractivity (Wildman–Crippen MR) is 196 cm³/mol. The molecule has 52 heavy (non-hydrogen) atoms. The van der Waals surface area contributed by atoms with Crippen molar-refractivity contribution >= 4 is 23.5 Å². The summed E-state index contributed by atoms with van der Waals surface area (Å²) in [6, 6.07) is 3.81. The van der Waals surface area contributed by atoms with Gasteiger partial charge in [0, 0.05) is 100 Å². The monoisotopic (exact) mass is 720 g/mol. The van der Waals surface area contributed by atoms with Crippen LogP contribution >= 0.6 is 0 Å². The lowest BCUT2D eigenvalue weighted by atomic mass is 9.86. The van der Waals surface area contributed by atoms with Crippen LogP contribution in [-0.2, 0) is 36.0 Å². The molecule has 7 rings (SSSR count). The van der Waals surface area contributed by atoms with Crippen molar-refractivity contribution in [2.45, 2.75) is 97.8 Å². The highest BCUT2D eigenvalue weighted by Gasteiger charge is 2.36. The number of aryl methyl sites for hydroxylation is 2. The largest absolute Gasteiger partial charge is 0.444 e. The standard InChI is InChI=1S/C39H54F2N8O3/c1-25-21-47(38(51)52-39(3,4)5)16-9-28(25)23-45-14-10-30(11-15-45)49-34-12-17-46(26(2)50)24-33(34)37(43-49)48-13-7-8-27-18-31(29-20-42-44(6)22-29)32(36(40)41)19-35(27)48/h18-20,22,25,28,30,36H,7-17,21,23-24H2,1-6H3/t25-,28-/m0/s1. The lowest BCUT2D eigenvalue weighted by Gasteiger charge is -2.41. The zero-order valence-electron chi connectivity index (χ0n) is 31.6. The number of fused-ring (bicyclic) bond motifs is 2. The number of hydrogen-bond donors (Lipinski definition) is 0. The average Bonchev–Trinajstić information content (AvgIpc) is 3.71. The molecule has 282 valence electrons. The van der Waals surface area contributed by atoms with E-state index in [1.165, 1.54) is 5.69 Å². The fraction of sp³-hybridized carbons (Fsp3) is 0.641. The Balaban J connectivity index is 1.10. The van der Waals surface area contributed by atoms with Gasteiger partial charge in [0.1, 0.15) is 5.60 Å². The van der Waals surface area contributed by atoms with E-state index >= 15 is 0 Å². The number of carbonyl (C=O) groups excluding carboxylic acids is 2. The van der Waals surface area contributed by atoms with Crippen molar-refractivity contribution in [3.63, 3.8) is 0 Å². The summed E-state index contributed by atoms with van der Waals surface area (Å²) < 4.78 is 38.8. The number of benzene rings is 1. The van der Waals surface area contributed by atoms with Crippen molar-refractivity contribution in [1.29, 1.82) is 0 Å². The summed E-state index contributed by atoms with van der Waals surface area (Å²) in [5.74, 6) is 1.74. The number of ether oxygens (including phenoxy) is 1. The second kappa shape index (κ2) is 14.4. The van der Waals surface area contributed by atoms with Crippen molar-refractivity contribution in [3.8, 4) is 11.1 Å². The molecular weight excluding hydrogens is 666 g/mol. The summed E-state index contributed by atoms with van der Waals surface area (Å²) in [6.45, 7) is 15.8. The molecule has 0 spiro atoms. The summed E-state index contributed by atoms with van der Waals surface area (Å²) in [7, 11) is 1.79. The highest BCUT2D eigenvalue weighted by Crippen LogP contribution is 2.44. The maximum atomic E-state index is 14.6. The molecule has 11 nitrogen and oxygen atoms in total. The van der Waals surface area contributed by atoms with E-state index < -0.39 is 12.0 Å². The summed E-state index contributed by atoms with van der Waals surface area (Å²) in [5, 5.41) is 9.57. The number of piperidine rings is 2. The third kappa shape index (κ3) is 7.43. The van der Waals surface area contributed by atoms with Crippen LogP contribution in [0.5, 0.6) is 0 Å². The molecule has 0 aliphatic carbocycles. The number of hydrogen-bond acceptors (Lipinski definition) is 7. The quantitative estimate of drug-likeness (QED) is 0.279. The third-order valence-electron chi connectivity index (χ3n) is 11.5. The van der Waals surface area contributed by atoms with Crippen LogP contribution in [0.15, 0.2) is 24.5 Å². The minimum absolute atomic E-state index is 0.00508. The number of alkyl halides is 2. The van der Waals surface area contributed by atoms with E-state index in [4.69, 9.17) is 9.84 Å². The molecule has 2 saturated heterocycles. The highest BCUT2D eigenvalue weighted by atomic mass is 19.3. The predicted octanol–water partition coefficient (Wildman–Crippen LogP) is 6.74. The minimum atomic E-state index is -2.64. The lowest BCUT2D eigenvalue weighted by Crippen LogP contribution is -2.48. The molecule has 0 saturated carbocycles. The summed E-state index contributed by atoms with van der Waals surface area (Å²) in [4.78, 5) is 33.7. The number of carbonyl (C=O) groups is 2. The molecular formula is C39H54F2N8O3. The van der Waals surface area contributed by atoms with Crippen LogP contribution < -0.4 is 4.90 Å². The van der Waals surface area contributed by atoms with Gasteiger partial charge < -0.3 is 24.3 Å². The number of likely N-dealkylation sites (tertiary alicyclic amines) is 2. The molecule has 0 radical (unpaired) electrons. The molecule has 13 heteroatoms. The normalized spacial score (nSPS) is 21.8. The highest BCUT2D eigenvalue weighted by molar-refractivity contribution is 5.78. The number of anilines is 2. The second-order valence-corrected chi connectivity index (χ2v) is 16.4. The van der Waals surface area contributed by atoms with E-state index in [2.05, 4.69) is 26.5 Å². The Morgan fingerprint density at radius 3 is 2.44 bits per heavy atom. The van der Waals surface area contributed by atoms with Gasteiger partial charge in [0.25, 0.3) is 6.43 Å². The van der Waals surface area contributed by atoms with Gasteiger partial charge in [-0.1, -0.05) is 6.92 Å². The van der Waals surface area contributed by atoms with Gasteiger partial charge in [-0.15, -0.1) is 0 Å². The molecule has 2 aromatic heterocycles. The fourth-order valence-corrected chi connectivity index (χ4v) is 8.71. The Labute approximate surface area is 305 Å². The summed E-state index contributed by atoms with van der Waals surface area (Å²) in [6.07, 6.45) is 5.86. The van der Waals surface area contributed by atoms with Gasteiger partial charge in [-0.05, 0) is 88.0 Å². The molecule has 4 aliphatic heterocycles. The van der Waals surface area contributed by atoms with Crippen molar-refractivity contribution in [2.24, 2.45) is 18.9 Å². The first-order valence-corrected chi connectivity index (χ1v) is 19.0. The molecule has 1 aromatic carbocycles. The molecule has 4 aliphatic rings. The number of rotatable bonds is 6. The van der Waals surface area contributed by atoms with Gasteiger partial charge in [-0.3, -0.25) is 14.2 Å². The zero-order valence-corrected chi connectivity index (χ0v) is 31.6. The van der Waals surface area contributed by atoms with Crippen LogP contribution in [0.3, 0.4) is 0 Å². The lowest BCUT2D eigenvalue weighted by molar-refractivity contribution is -0.129. The molecule has 6 heterocycles. The first-order chi connectivity index (χ1) is 24.8. The van der Waals surface area contributed by atoms with Crippen molar-refractivity contribution in [1.82, 2.24) is 34.3 Å². The number of amides is 2. The van der Waals surface area contributed by atoms with Gasteiger partial charge >= 0.3 is 6.09 Å². The van der Waals surface area contributed by atoms with Gasteiger partial charge in [-0.2, -0.15) is 10.2 Å². The van der Waals surface area contributed by atoms with Gasteiger partial charge in [-0.25, -0.2) is 13.6 Å².